The van der Waals surface area contributed by atoms with Gasteiger partial charge in [-0.2, -0.15) is 0 Å². The van der Waals surface area contributed by atoms with Gasteiger partial charge in [0.05, 0.1) is 55.8 Å². The van der Waals surface area contributed by atoms with Crippen molar-refractivity contribution in [2.75, 3.05) is 0 Å². The van der Waals surface area contributed by atoms with Crippen LogP contribution in [0, 0.1) is 0 Å². The highest BCUT2D eigenvalue weighted by molar-refractivity contribution is 6.41. The van der Waals surface area contributed by atoms with Gasteiger partial charge >= 0.3 is 0 Å². The van der Waals surface area contributed by atoms with E-state index in [0.29, 0.717) is 0 Å². The molecule has 19 rings (SSSR count). The molecule has 5 heteroatoms. The van der Waals surface area contributed by atoms with Crippen molar-refractivity contribution in [2.24, 2.45) is 0 Å². The van der Waals surface area contributed by atoms with E-state index in [1.54, 1.807) is 0 Å². The third kappa shape index (κ3) is 6.26. The lowest BCUT2D eigenvalue weighted by molar-refractivity contribution is 0.591. The number of nitrogens with zero attached hydrogens (tertiary/aromatic N) is 5. The Morgan fingerprint density at radius 2 is 0.756 bits per heavy atom. The normalized spacial score (nSPS) is 13.0. The molecular formula is C81H57N5. The summed E-state index contributed by atoms with van der Waals surface area (Å²) in [5.41, 5.74) is 21.2. The molecule has 19 aromatic rings. The number of aromatic nitrogens is 5. The average molecular weight is 1100 g/mol. The highest BCUT2D eigenvalue weighted by Gasteiger charge is 2.32. The molecule has 0 aliphatic heterocycles. The zero-order chi connectivity index (χ0) is 57.2. The Labute approximate surface area is 495 Å². The number of hydrogen-bond acceptors (Lipinski definition) is 1. The Balaban J connectivity index is 0.971. The predicted molar refractivity (Wildman–Crippen MR) is 366 cm³/mol. The summed E-state index contributed by atoms with van der Waals surface area (Å²) in [4.78, 5) is 5.87. The van der Waals surface area contributed by atoms with E-state index in [0.717, 1.165) is 22.5 Å². The number of benzene rings is 12. The number of hydrogen-bond donors (Lipinski definition) is 0. The van der Waals surface area contributed by atoms with Crippen LogP contribution in [-0.4, -0.2) is 22.9 Å². The maximum absolute atomic E-state index is 5.87. The largest absolute Gasteiger partial charge is 0.309 e. The average Bonchev–Trinajstić information content (AvgIpc) is 1.51. The first-order valence-electron chi connectivity index (χ1n) is 30.3. The van der Waals surface area contributed by atoms with Crippen molar-refractivity contribution in [3.8, 4) is 33.6 Å². The first-order valence-corrected chi connectivity index (χ1v) is 30.3. The van der Waals surface area contributed by atoms with Gasteiger partial charge in [0, 0.05) is 87.1 Å². The number of para-hydroxylation sites is 4. The van der Waals surface area contributed by atoms with Gasteiger partial charge in [0.2, 0.25) is 0 Å². The zero-order valence-corrected chi connectivity index (χ0v) is 48.8. The van der Waals surface area contributed by atoms with E-state index >= 15 is 0 Å². The molecule has 0 saturated carbocycles. The molecule has 0 amide bonds. The Kier molecular flexibility index (Phi) is 9.28. The molecule has 86 heavy (non-hydrogen) atoms. The van der Waals surface area contributed by atoms with Crippen LogP contribution in [0.25, 0.3) is 175 Å². The fourth-order valence-electron chi connectivity index (χ4n) is 15.5. The fourth-order valence-corrected chi connectivity index (χ4v) is 15.5. The van der Waals surface area contributed by atoms with Crippen LogP contribution in [0.3, 0.4) is 0 Å². The first-order chi connectivity index (χ1) is 42.0. The van der Waals surface area contributed by atoms with Crippen LogP contribution in [-0.2, 0) is 10.8 Å². The number of rotatable bonds is 4. The molecule has 0 aliphatic rings. The molecule has 0 saturated heterocycles. The van der Waals surface area contributed by atoms with Crippen LogP contribution in [0.5, 0.6) is 0 Å². The summed E-state index contributed by atoms with van der Waals surface area (Å²) in [6, 6.07) is 86.7. The lowest BCUT2D eigenvalue weighted by Crippen LogP contribution is -2.11. The van der Waals surface area contributed by atoms with Crippen molar-refractivity contribution < 1.29 is 0 Å². The van der Waals surface area contributed by atoms with Crippen molar-refractivity contribution in [1.29, 1.82) is 0 Å². The second-order valence-electron chi connectivity index (χ2n) is 26.3. The molecule has 0 unspecified atom stereocenters. The van der Waals surface area contributed by atoms with E-state index in [4.69, 9.17) is 4.98 Å². The summed E-state index contributed by atoms with van der Waals surface area (Å²) in [6.45, 7) is 14.2. The molecule has 0 aliphatic carbocycles. The van der Waals surface area contributed by atoms with Gasteiger partial charge in [0.15, 0.2) is 0 Å². The SMILES string of the molecule is CC(C)(C)c1cc(-c2ccc3c(c2)c2ccccc2n3-c2ccccc2)c2c(c1)c1cc(C(C)(C)C)cc3c4c5c6c7ccccc7cc7c8c9ccccc9cc(-c9ccc%10c(c9)c9ccccc9n%10-c9ccccc9)c8n(c5ncc4n2c13)c76. The van der Waals surface area contributed by atoms with E-state index in [1.807, 2.05) is 0 Å². The molecule has 7 aromatic heterocycles. The summed E-state index contributed by atoms with van der Waals surface area (Å²) < 4.78 is 10.0. The Hall–Kier alpha value is -10.5. The van der Waals surface area contributed by atoms with Crippen LogP contribution in [0.2, 0.25) is 0 Å². The molecule has 406 valence electrons. The molecular weight excluding hydrogens is 1040 g/mol. The molecule has 0 fully saturated rings. The summed E-state index contributed by atoms with van der Waals surface area (Å²) in [5, 5.41) is 19.9. The fraction of sp³-hybridized carbons (Fsp3) is 0.0988. The van der Waals surface area contributed by atoms with Crippen LogP contribution in [0.15, 0.2) is 237 Å². The van der Waals surface area contributed by atoms with Gasteiger partial charge in [0.25, 0.3) is 0 Å². The lowest BCUT2D eigenvalue weighted by atomic mass is 9.83. The minimum Gasteiger partial charge on any atom is -0.309 e. The van der Waals surface area contributed by atoms with Gasteiger partial charge in [-0.15, -0.1) is 0 Å². The van der Waals surface area contributed by atoms with Crippen molar-refractivity contribution >= 4 is 141 Å². The molecule has 5 nitrogen and oxygen atoms in total. The van der Waals surface area contributed by atoms with Gasteiger partial charge in [-0.05, 0) is 152 Å². The van der Waals surface area contributed by atoms with Crippen LogP contribution in [0.4, 0.5) is 0 Å². The van der Waals surface area contributed by atoms with E-state index in [-0.39, 0.29) is 10.8 Å². The number of fused-ring (bicyclic) bond motifs is 23. The van der Waals surface area contributed by atoms with Gasteiger partial charge in [-0.25, -0.2) is 4.98 Å². The Bertz CT molecular complexity index is 6130. The molecule has 7 heterocycles. The van der Waals surface area contributed by atoms with Gasteiger partial charge in [-0.3, -0.25) is 4.40 Å². The summed E-state index contributed by atoms with van der Waals surface area (Å²) >= 11 is 0. The molecule has 0 bridgehead atoms. The third-order valence-corrected chi connectivity index (χ3v) is 19.5. The molecule has 0 N–H and O–H groups in total. The van der Waals surface area contributed by atoms with E-state index in [2.05, 4.69) is 296 Å². The standard InChI is InChI=1S/C81H57N5/c1-80(2,3)50-41-59(49-34-36-69-61(39-49)57-30-18-20-32-67(57)84(69)53-25-11-8-12-26-53)75-62(42-50)63-43-51(81(4,5)6)44-65-72-70(85(75)76(63)65)45-82-79-74(72)73-55-28-16-14-22-47(55)40-64-71-54-27-15-13-21-46(54)37-58(77(71)86(79)78(64)73)48-33-35-68-60(38-48)56-29-17-19-31-66(56)83(68)52-23-9-7-10-24-52/h7-45H,1-6H3. The van der Waals surface area contributed by atoms with Gasteiger partial charge < -0.3 is 13.5 Å². The summed E-state index contributed by atoms with van der Waals surface area (Å²) in [7, 11) is 0. The van der Waals surface area contributed by atoms with Crippen LogP contribution >= 0.6 is 0 Å². The van der Waals surface area contributed by atoms with Crippen molar-refractivity contribution in [2.45, 2.75) is 52.4 Å². The van der Waals surface area contributed by atoms with Crippen LogP contribution < -0.4 is 0 Å². The Morgan fingerprint density at radius 3 is 1.35 bits per heavy atom. The molecule has 0 spiro atoms. The highest BCUT2D eigenvalue weighted by atomic mass is 15.0. The van der Waals surface area contributed by atoms with Gasteiger partial charge in [0.1, 0.15) is 5.65 Å². The number of pyridine rings is 1. The minimum absolute atomic E-state index is 0.118. The zero-order valence-electron chi connectivity index (χ0n) is 48.8. The first kappa shape index (κ1) is 47.9. The van der Waals surface area contributed by atoms with E-state index in [1.165, 1.54) is 164 Å². The molecule has 12 aromatic carbocycles. The maximum atomic E-state index is 5.87. The second-order valence-corrected chi connectivity index (χ2v) is 26.3. The van der Waals surface area contributed by atoms with Gasteiger partial charge in [-0.1, -0.05) is 175 Å². The van der Waals surface area contributed by atoms with Crippen molar-refractivity contribution in [3.63, 3.8) is 0 Å². The van der Waals surface area contributed by atoms with Crippen molar-refractivity contribution in [3.05, 3.63) is 248 Å². The molecule has 0 radical (unpaired) electrons. The smallest absolute Gasteiger partial charge is 0.146 e. The lowest BCUT2D eigenvalue weighted by Gasteiger charge is -2.22. The Morgan fingerprint density at radius 1 is 0.291 bits per heavy atom. The monoisotopic (exact) mass is 1100 g/mol. The molecule has 0 atom stereocenters. The third-order valence-electron chi connectivity index (χ3n) is 19.5. The second kappa shape index (κ2) is 16.6. The van der Waals surface area contributed by atoms with Crippen LogP contribution in [0.1, 0.15) is 52.7 Å². The van der Waals surface area contributed by atoms with Crippen molar-refractivity contribution in [1.82, 2.24) is 22.9 Å². The summed E-state index contributed by atoms with van der Waals surface area (Å²) in [6.07, 6.45) is 2.22. The minimum atomic E-state index is -0.140. The highest BCUT2D eigenvalue weighted by Crippen LogP contribution is 2.53. The topological polar surface area (TPSA) is 31.6 Å². The summed E-state index contributed by atoms with van der Waals surface area (Å²) in [5.74, 6) is 0. The maximum Gasteiger partial charge on any atom is 0.146 e. The quantitative estimate of drug-likeness (QED) is 0.173. The van der Waals surface area contributed by atoms with E-state index in [9.17, 15) is 0 Å². The predicted octanol–water partition coefficient (Wildman–Crippen LogP) is 21.8. The van der Waals surface area contributed by atoms with E-state index < -0.39 is 0 Å².